The molecule has 2 heterocycles. The maximum absolute atomic E-state index is 13.4. The summed E-state index contributed by atoms with van der Waals surface area (Å²) in [5.41, 5.74) is 0.884. The van der Waals surface area contributed by atoms with Gasteiger partial charge in [0.1, 0.15) is 5.82 Å². The summed E-state index contributed by atoms with van der Waals surface area (Å²) in [7, 11) is 2.12. The molecule has 1 aromatic rings. The zero-order chi connectivity index (χ0) is 13.4. The van der Waals surface area contributed by atoms with Crippen LogP contribution < -0.4 is 5.32 Å². The van der Waals surface area contributed by atoms with Gasteiger partial charge in [-0.1, -0.05) is 23.7 Å². The average molecular weight is 283 g/mol. The van der Waals surface area contributed by atoms with Crippen LogP contribution in [0.2, 0.25) is 5.02 Å². The smallest absolute Gasteiger partial charge is 0.142 e. The predicted molar refractivity (Wildman–Crippen MR) is 75.8 cm³/mol. The van der Waals surface area contributed by atoms with Gasteiger partial charge in [-0.05, 0) is 44.4 Å². The molecule has 2 bridgehead atoms. The third kappa shape index (κ3) is 2.78. The first kappa shape index (κ1) is 13.3. The average Bonchev–Trinajstić information content (AvgIpc) is 2.73. The zero-order valence-electron chi connectivity index (χ0n) is 11.2. The molecule has 2 nitrogen and oxygen atoms in total. The van der Waals surface area contributed by atoms with E-state index in [0.717, 1.165) is 12.1 Å². The SMILES string of the molecule is CN(Cc1cccc(F)c1Cl)C1CC2CCC(C1)N2. The van der Waals surface area contributed by atoms with Gasteiger partial charge in [-0.3, -0.25) is 4.90 Å². The molecule has 1 N–H and O–H groups in total. The molecule has 19 heavy (non-hydrogen) atoms. The molecule has 0 saturated carbocycles. The second kappa shape index (κ2) is 5.39. The van der Waals surface area contributed by atoms with Crippen molar-refractivity contribution in [2.45, 2.75) is 50.4 Å². The molecule has 0 amide bonds. The lowest BCUT2D eigenvalue weighted by Gasteiger charge is -2.35. The molecule has 2 aliphatic rings. The van der Waals surface area contributed by atoms with E-state index in [4.69, 9.17) is 11.6 Å². The molecule has 0 aliphatic carbocycles. The van der Waals surface area contributed by atoms with E-state index in [2.05, 4.69) is 17.3 Å². The molecular formula is C15H20ClFN2. The van der Waals surface area contributed by atoms with Gasteiger partial charge in [0, 0.05) is 24.7 Å². The minimum Gasteiger partial charge on any atom is -0.311 e. The van der Waals surface area contributed by atoms with Crippen LogP contribution in [-0.2, 0) is 6.54 Å². The number of hydrogen-bond acceptors (Lipinski definition) is 2. The lowest BCUT2D eigenvalue weighted by molar-refractivity contribution is 0.166. The Morgan fingerprint density at radius 3 is 2.68 bits per heavy atom. The minimum absolute atomic E-state index is 0.270. The summed E-state index contributed by atoms with van der Waals surface area (Å²) in [6.07, 6.45) is 4.99. The van der Waals surface area contributed by atoms with Crippen molar-refractivity contribution in [2.24, 2.45) is 0 Å². The predicted octanol–water partition coefficient (Wildman–Crippen LogP) is 3.19. The second-order valence-corrected chi connectivity index (χ2v) is 6.27. The Bertz CT molecular complexity index is 453. The third-order valence-electron chi connectivity index (χ3n) is 4.52. The van der Waals surface area contributed by atoms with Gasteiger partial charge in [-0.15, -0.1) is 0 Å². The fraction of sp³-hybridized carbons (Fsp3) is 0.600. The normalized spacial score (nSPS) is 30.0. The van der Waals surface area contributed by atoms with Gasteiger partial charge >= 0.3 is 0 Å². The van der Waals surface area contributed by atoms with Crippen LogP contribution >= 0.6 is 11.6 Å². The van der Waals surface area contributed by atoms with Crippen molar-refractivity contribution in [3.05, 3.63) is 34.6 Å². The maximum Gasteiger partial charge on any atom is 0.142 e. The van der Waals surface area contributed by atoms with Gasteiger partial charge in [0.2, 0.25) is 0 Å². The lowest BCUT2D eigenvalue weighted by Crippen LogP contribution is -2.46. The number of fused-ring (bicyclic) bond motifs is 2. The van der Waals surface area contributed by atoms with Crippen LogP contribution in [0.5, 0.6) is 0 Å². The van der Waals surface area contributed by atoms with Crippen molar-refractivity contribution in [1.82, 2.24) is 10.2 Å². The molecule has 4 heteroatoms. The third-order valence-corrected chi connectivity index (χ3v) is 4.95. The molecule has 2 aliphatic heterocycles. The Morgan fingerprint density at radius 1 is 1.32 bits per heavy atom. The molecule has 0 spiro atoms. The highest BCUT2D eigenvalue weighted by Gasteiger charge is 2.35. The highest BCUT2D eigenvalue weighted by atomic mass is 35.5. The zero-order valence-corrected chi connectivity index (χ0v) is 12.0. The fourth-order valence-corrected chi connectivity index (χ4v) is 3.64. The van der Waals surface area contributed by atoms with Crippen LogP contribution in [0.25, 0.3) is 0 Å². The first-order valence-corrected chi connectivity index (χ1v) is 7.40. The van der Waals surface area contributed by atoms with E-state index in [1.54, 1.807) is 6.07 Å². The summed E-state index contributed by atoms with van der Waals surface area (Å²) < 4.78 is 13.4. The van der Waals surface area contributed by atoms with Gasteiger partial charge < -0.3 is 5.32 Å². The van der Waals surface area contributed by atoms with Crippen molar-refractivity contribution in [1.29, 1.82) is 0 Å². The van der Waals surface area contributed by atoms with Gasteiger partial charge in [-0.25, -0.2) is 4.39 Å². The van der Waals surface area contributed by atoms with E-state index < -0.39 is 0 Å². The van der Waals surface area contributed by atoms with E-state index in [9.17, 15) is 4.39 Å². The Morgan fingerprint density at radius 2 is 2.00 bits per heavy atom. The van der Waals surface area contributed by atoms with Crippen LogP contribution in [0.4, 0.5) is 4.39 Å². The summed E-state index contributed by atoms with van der Waals surface area (Å²) in [5.74, 6) is -0.321. The topological polar surface area (TPSA) is 15.3 Å². The van der Waals surface area contributed by atoms with Crippen LogP contribution in [0.3, 0.4) is 0 Å². The molecule has 2 unspecified atom stereocenters. The van der Waals surface area contributed by atoms with Gasteiger partial charge in [0.15, 0.2) is 0 Å². The molecular weight excluding hydrogens is 263 g/mol. The Kier molecular flexibility index (Phi) is 3.79. The number of benzene rings is 1. The fourth-order valence-electron chi connectivity index (χ4n) is 3.46. The molecule has 0 aromatic heterocycles. The van der Waals surface area contributed by atoms with Crippen LogP contribution in [-0.4, -0.2) is 30.1 Å². The van der Waals surface area contributed by atoms with Crippen LogP contribution in [0.15, 0.2) is 18.2 Å². The standard InChI is InChI=1S/C15H20ClFN2/c1-19(9-10-3-2-4-14(17)15(10)16)13-7-11-5-6-12(8-13)18-11/h2-4,11-13,18H,5-9H2,1H3. The molecule has 2 atom stereocenters. The summed E-state index contributed by atoms with van der Waals surface area (Å²) in [5, 5.41) is 3.92. The summed E-state index contributed by atoms with van der Waals surface area (Å²) in [6.45, 7) is 0.723. The first-order chi connectivity index (χ1) is 9.13. The minimum atomic E-state index is -0.321. The van der Waals surface area contributed by atoms with Gasteiger partial charge in [-0.2, -0.15) is 0 Å². The number of hydrogen-bond donors (Lipinski definition) is 1. The molecule has 2 saturated heterocycles. The second-order valence-electron chi connectivity index (χ2n) is 5.89. The quantitative estimate of drug-likeness (QED) is 0.916. The molecule has 104 valence electrons. The monoisotopic (exact) mass is 282 g/mol. The molecule has 2 fully saturated rings. The summed E-state index contributed by atoms with van der Waals surface area (Å²) in [4.78, 5) is 2.33. The summed E-state index contributed by atoms with van der Waals surface area (Å²) >= 11 is 6.03. The number of nitrogens with one attached hydrogen (secondary N) is 1. The molecule has 1 aromatic carbocycles. The van der Waals surface area contributed by atoms with E-state index in [1.807, 2.05) is 6.07 Å². The molecule has 3 rings (SSSR count). The largest absolute Gasteiger partial charge is 0.311 e. The van der Waals surface area contributed by atoms with Gasteiger partial charge in [0.25, 0.3) is 0 Å². The maximum atomic E-state index is 13.4. The Balaban J connectivity index is 1.68. The van der Waals surface area contributed by atoms with Crippen LogP contribution in [0.1, 0.15) is 31.2 Å². The lowest BCUT2D eigenvalue weighted by atomic mass is 9.98. The van der Waals surface area contributed by atoms with Crippen molar-refractivity contribution >= 4 is 11.6 Å². The van der Waals surface area contributed by atoms with Crippen molar-refractivity contribution in [2.75, 3.05) is 7.05 Å². The van der Waals surface area contributed by atoms with Gasteiger partial charge in [0.05, 0.1) is 5.02 Å². The number of nitrogens with zero attached hydrogens (tertiary/aromatic N) is 1. The highest BCUT2D eigenvalue weighted by Crippen LogP contribution is 2.30. The van der Waals surface area contributed by atoms with E-state index >= 15 is 0 Å². The van der Waals surface area contributed by atoms with Crippen molar-refractivity contribution in [3.63, 3.8) is 0 Å². The van der Waals surface area contributed by atoms with E-state index in [1.165, 1.54) is 31.7 Å². The number of halogens is 2. The van der Waals surface area contributed by atoms with Crippen LogP contribution in [0, 0.1) is 5.82 Å². The number of piperidine rings is 1. The Hall–Kier alpha value is -0.640. The van der Waals surface area contributed by atoms with E-state index in [-0.39, 0.29) is 10.8 Å². The van der Waals surface area contributed by atoms with Crippen molar-refractivity contribution < 1.29 is 4.39 Å². The van der Waals surface area contributed by atoms with Crippen molar-refractivity contribution in [3.8, 4) is 0 Å². The first-order valence-electron chi connectivity index (χ1n) is 7.02. The Labute approximate surface area is 118 Å². The number of rotatable bonds is 3. The molecule has 0 radical (unpaired) electrons. The summed E-state index contributed by atoms with van der Waals surface area (Å²) in [6, 6.07) is 6.99. The van der Waals surface area contributed by atoms with E-state index in [0.29, 0.717) is 18.1 Å². The highest BCUT2D eigenvalue weighted by molar-refractivity contribution is 6.31.